The van der Waals surface area contributed by atoms with E-state index in [1.54, 1.807) is 4.90 Å². The van der Waals surface area contributed by atoms with Crippen LogP contribution in [0.1, 0.15) is 12.5 Å². The molecule has 1 fully saturated rings. The van der Waals surface area contributed by atoms with Crippen LogP contribution in [0.25, 0.3) is 11.3 Å². The SMILES string of the molecule is CCc1ccc(-c2csc(NC(=O)CN3CSCC3=O)n2)cc1. The van der Waals surface area contributed by atoms with E-state index in [0.717, 1.165) is 17.7 Å². The Kier molecular flexibility index (Phi) is 4.97. The topological polar surface area (TPSA) is 62.3 Å². The summed E-state index contributed by atoms with van der Waals surface area (Å²) in [6.45, 7) is 2.21. The van der Waals surface area contributed by atoms with E-state index in [1.165, 1.54) is 28.7 Å². The molecule has 3 rings (SSSR count). The first-order valence-electron chi connectivity index (χ1n) is 7.36. The second-order valence-corrected chi connectivity index (χ2v) is 7.02. The number of rotatable bonds is 5. The van der Waals surface area contributed by atoms with Crippen LogP contribution in [0.2, 0.25) is 0 Å². The summed E-state index contributed by atoms with van der Waals surface area (Å²) in [4.78, 5) is 29.5. The number of nitrogens with zero attached hydrogens (tertiary/aromatic N) is 2. The molecule has 2 heterocycles. The molecule has 0 saturated carbocycles. The van der Waals surface area contributed by atoms with Gasteiger partial charge in [0.2, 0.25) is 11.8 Å². The fraction of sp³-hybridized carbons (Fsp3) is 0.312. The van der Waals surface area contributed by atoms with Crippen molar-refractivity contribution in [3.8, 4) is 11.3 Å². The minimum atomic E-state index is -0.205. The maximum atomic E-state index is 12.0. The predicted octanol–water partition coefficient (Wildman–Crippen LogP) is 2.84. The molecular formula is C16H17N3O2S2. The van der Waals surface area contributed by atoms with Crippen LogP contribution in [0.3, 0.4) is 0 Å². The Bertz CT molecular complexity index is 712. The molecule has 1 aliphatic heterocycles. The minimum absolute atomic E-state index is 0.0148. The van der Waals surface area contributed by atoms with E-state index in [9.17, 15) is 9.59 Å². The number of aromatic nitrogens is 1. The summed E-state index contributed by atoms with van der Waals surface area (Å²) in [6, 6.07) is 8.26. The molecule has 0 bridgehead atoms. The zero-order valence-corrected chi connectivity index (χ0v) is 14.4. The smallest absolute Gasteiger partial charge is 0.245 e. The van der Waals surface area contributed by atoms with E-state index in [0.29, 0.717) is 16.8 Å². The summed E-state index contributed by atoms with van der Waals surface area (Å²) < 4.78 is 0. The third kappa shape index (κ3) is 3.92. The number of anilines is 1. The average molecular weight is 347 g/mol. The van der Waals surface area contributed by atoms with Crippen molar-refractivity contribution in [2.75, 3.05) is 23.5 Å². The average Bonchev–Trinajstić information content (AvgIpc) is 3.17. The minimum Gasteiger partial charge on any atom is -0.323 e. The van der Waals surface area contributed by atoms with Crippen molar-refractivity contribution in [1.29, 1.82) is 0 Å². The molecule has 120 valence electrons. The lowest BCUT2D eigenvalue weighted by Gasteiger charge is -2.13. The summed E-state index contributed by atoms with van der Waals surface area (Å²) in [6.07, 6.45) is 1.01. The van der Waals surface area contributed by atoms with E-state index in [1.807, 2.05) is 17.5 Å². The second kappa shape index (κ2) is 7.14. The van der Waals surface area contributed by atoms with Gasteiger partial charge in [-0.1, -0.05) is 31.2 Å². The molecule has 1 N–H and O–H groups in total. The molecular weight excluding hydrogens is 330 g/mol. The number of hydrogen-bond donors (Lipinski definition) is 1. The van der Waals surface area contributed by atoms with Crippen molar-refractivity contribution in [3.63, 3.8) is 0 Å². The lowest BCUT2D eigenvalue weighted by Crippen LogP contribution is -2.34. The fourth-order valence-corrected chi connectivity index (χ4v) is 3.89. The van der Waals surface area contributed by atoms with Gasteiger partial charge in [0.05, 0.1) is 17.3 Å². The molecule has 1 aromatic carbocycles. The molecule has 23 heavy (non-hydrogen) atoms. The number of carbonyl (C=O) groups excluding carboxylic acids is 2. The summed E-state index contributed by atoms with van der Waals surface area (Å²) in [5, 5.41) is 5.25. The Balaban J connectivity index is 1.62. The Morgan fingerprint density at radius 2 is 2.13 bits per heavy atom. The van der Waals surface area contributed by atoms with Gasteiger partial charge in [-0.05, 0) is 12.0 Å². The summed E-state index contributed by atoms with van der Waals surface area (Å²) in [7, 11) is 0. The molecule has 1 aliphatic rings. The predicted molar refractivity (Wildman–Crippen MR) is 94.6 cm³/mol. The molecule has 0 spiro atoms. The fourth-order valence-electron chi connectivity index (χ4n) is 2.25. The van der Waals surface area contributed by atoms with Crippen LogP contribution >= 0.6 is 23.1 Å². The van der Waals surface area contributed by atoms with Crippen molar-refractivity contribution < 1.29 is 9.59 Å². The number of carbonyl (C=O) groups is 2. The maximum absolute atomic E-state index is 12.0. The van der Waals surface area contributed by atoms with E-state index in [2.05, 4.69) is 29.4 Å². The standard InChI is InChI=1S/C16H17N3O2S2/c1-2-11-3-5-12(6-4-11)13-8-23-16(17-13)18-14(20)7-19-10-22-9-15(19)21/h3-6,8H,2,7,9-10H2,1H3,(H,17,18,20). The lowest BCUT2D eigenvalue weighted by atomic mass is 10.1. The van der Waals surface area contributed by atoms with E-state index >= 15 is 0 Å². The van der Waals surface area contributed by atoms with Gasteiger partial charge >= 0.3 is 0 Å². The summed E-state index contributed by atoms with van der Waals surface area (Å²) >= 11 is 2.92. The highest BCUT2D eigenvalue weighted by molar-refractivity contribution is 8.00. The first-order valence-corrected chi connectivity index (χ1v) is 9.39. The van der Waals surface area contributed by atoms with Gasteiger partial charge in [-0.15, -0.1) is 23.1 Å². The number of thioether (sulfide) groups is 1. The Labute approximate surface area is 143 Å². The monoisotopic (exact) mass is 347 g/mol. The van der Waals surface area contributed by atoms with Crippen molar-refractivity contribution in [3.05, 3.63) is 35.2 Å². The van der Waals surface area contributed by atoms with Gasteiger partial charge in [0.15, 0.2) is 5.13 Å². The molecule has 1 aromatic heterocycles. The van der Waals surface area contributed by atoms with Crippen LogP contribution < -0.4 is 5.32 Å². The highest BCUT2D eigenvalue weighted by Gasteiger charge is 2.23. The van der Waals surface area contributed by atoms with Gasteiger partial charge in [0.25, 0.3) is 0 Å². The van der Waals surface area contributed by atoms with Gasteiger partial charge < -0.3 is 10.2 Å². The normalized spacial score (nSPS) is 14.3. The van der Waals surface area contributed by atoms with Crippen molar-refractivity contribution in [2.45, 2.75) is 13.3 Å². The van der Waals surface area contributed by atoms with Crippen molar-refractivity contribution >= 4 is 40.0 Å². The molecule has 2 amide bonds. The van der Waals surface area contributed by atoms with Gasteiger partial charge in [0.1, 0.15) is 6.54 Å². The Morgan fingerprint density at radius 1 is 1.35 bits per heavy atom. The van der Waals surface area contributed by atoms with E-state index in [-0.39, 0.29) is 18.4 Å². The molecule has 0 atom stereocenters. The third-order valence-electron chi connectivity index (χ3n) is 3.57. The van der Waals surface area contributed by atoms with Crippen molar-refractivity contribution in [2.24, 2.45) is 0 Å². The molecule has 0 aliphatic carbocycles. The van der Waals surface area contributed by atoms with Crippen LogP contribution in [-0.4, -0.2) is 39.9 Å². The largest absolute Gasteiger partial charge is 0.323 e. The van der Waals surface area contributed by atoms with Crippen LogP contribution in [-0.2, 0) is 16.0 Å². The first kappa shape index (κ1) is 16.0. The number of amides is 2. The molecule has 5 nitrogen and oxygen atoms in total. The van der Waals surface area contributed by atoms with E-state index < -0.39 is 0 Å². The molecule has 1 saturated heterocycles. The van der Waals surface area contributed by atoms with Gasteiger partial charge in [-0.25, -0.2) is 4.98 Å². The molecule has 0 radical (unpaired) electrons. The zero-order valence-electron chi connectivity index (χ0n) is 12.7. The quantitative estimate of drug-likeness (QED) is 0.903. The van der Waals surface area contributed by atoms with Crippen LogP contribution in [0, 0.1) is 0 Å². The van der Waals surface area contributed by atoms with E-state index in [4.69, 9.17) is 0 Å². The second-order valence-electron chi connectivity index (χ2n) is 5.21. The summed E-state index contributed by atoms with van der Waals surface area (Å²) in [5.74, 6) is 0.853. The number of nitrogens with one attached hydrogen (secondary N) is 1. The first-order chi connectivity index (χ1) is 11.2. The molecule has 2 aromatic rings. The Hall–Kier alpha value is -1.86. The van der Waals surface area contributed by atoms with Crippen LogP contribution in [0.4, 0.5) is 5.13 Å². The van der Waals surface area contributed by atoms with Crippen molar-refractivity contribution in [1.82, 2.24) is 9.88 Å². The highest BCUT2D eigenvalue weighted by atomic mass is 32.2. The van der Waals surface area contributed by atoms with Crippen LogP contribution in [0.15, 0.2) is 29.6 Å². The zero-order chi connectivity index (χ0) is 16.2. The number of thiazole rings is 1. The van der Waals surface area contributed by atoms with Crippen LogP contribution in [0.5, 0.6) is 0 Å². The molecule has 7 heteroatoms. The van der Waals surface area contributed by atoms with Gasteiger partial charge in [0, 0.05) is 10.9 Å². The number of hydrogen-bond acceptors (Lipinski definition) is 5. The third-order valence-corrected chi connectivity index (χ3v) is 5.27. The van der Waals surface area contributed by atoms with Gasteiger partial charge in [-0.2, -0.15) is 0 Å². The highest BCUT2D eigenvalue weighted by Crippen LogP contribution is 2.25. The maximum Gasteiger partial charge on any atom is 0.245 e. The lowest BCUT2D eigenvalue weighted by molar-refractivity contribution is -0.130. The van der Waals surface area contributed by atoms with Gasteiger partial charge in [-0.3, -0.25) is 9.59 Å². The molecule has 0 unspecified atom stereocenters. The number of aryl methyl sites for hydroxylation is 1. The Morgan fingerprint density at radius 3 is 2.78 bits per heavy atom. The number of benzene rings is 1. The summed E-state index contributed by atoms with van der Waals surface area (Å²) in [5.41, 5.74) is 3.16.